The summed E-state index contributed by atoms with van der Waals surface area (Å²) < 4.78 is 59.5. The molecule has 0 aliphatic heterocycles. The Bertz CT molecular complexity index is 1920. The van der Waals surface area contributed by atoms with Crippen molar-refractivity contribution >= 4 is 46.5 Å². The normalized spacial score (nSPS) is 11.2. The molecule has 0 aliphatic carbocycles. The van der Waals surface area contributed by atoms with Crippen LogP contribution in [0, 0.1) is 22.9 Å². The van der Waals surface area contributed by atoms with Gasteiger partial charge < -0.3 is 20.6 Å². The van der Waals surface area contributed by atoms with E-state index < -0.39 is 52.9 Å². The topological polar surface area (TPSA) is 111 Å². The van der Waals surface area contributed by atoms with Gasteiger partial charge in [0.15, 0.2) is 24.8 Å². The number of nitrogens with one attached hydrogen (secondary N) is 2. The van der Waals surface area contributed by atoms with Gasteiger partial charge >= 0.3 is 6.18 Å². The summed E-state index contributed by atoms with van der Waals surface area (Å²) in [5, 5.41) is 16.7. The summed E-state index contributed by atoms with van der Waals surface area (Å²) in [5.41, 5.74) is -2.25. The van der Waals surface area contributed by atoms with Crippen LogP contribution in [0.2, 0.25) is 10.0 Å². The van der Waals surface area contributed by atoms with Crippen LogP contribution in [0.3, 0.4) is 0 Å². The lowest BCUT2D eigenvalue weighted by Crippen LogP contribution is -2.42. The predicted octanol–water partition coefficient (Wildman–Crippen LogP) is 6.59. The van der Waals surface area contributed by atoms with Crippen molar-refractivity contribution in [3.8, 4) is 17.6 Å². The van der Waals surface area contributed by atoms with E-state index in [2.05, 4.69) is 22.5 Å². The highest BCUT2D eigenvalue weighted by molar-refractivity contribution is 6.34. The summed E-state index contributed by atoms with van der Waals surface area (Å²) >= 11 is 12.3. The van der Waals surface area contributed by atoms with Crippen molar-refractivity contribution in [2.75, 3.05) is 11.9 Å². The second-order valence-corrected chi connectivity index (χ2v) is 11.3. The summed E-state index contributed by atoms with van der Waals surface area (Å²) in [7, 11) is 0. The summed E-state index contributed by atoms with van der Waals surface area (Å²) in [4.78, 5) is 38.2. The maximum atomic E-state index is 13.9. The zero-order chi connectivity index (χ0) is 34.5. The minimum absolute atomic E-state index is 0.0487. The molecule has 47 heavy (non-hydrogen) atoms. The molecule has 0 atom stereocenters. The first-order valence-electron chi connectivity index (χ1n) is 13.5. The number of hydrogen-bond acceptors (Lipinski definition) is 5. The summed E-state index contributed by atoms with van der Waals surface area (Å²) in [6.07, 6.45) is -2.49. The Hall–Kier alpha value is -5.12. The number of pyridine rings is 1. The number of alkyl halides is 3. The average Bonchev–Trinajstić information content (AvgIpc) is 2.99. The highest BCUT2D eigenvalue weighted by Gasteiger charge is 2.32. The van der Waals surface area contributed by atoms with Crippen LogP contribution < -0.4 is 20.1 Å². The Labute approximate surface area is 275 Å². The van der Waals surface area contributed by atoms with Crippen molar-refractivity contribution in [1.29, 1.82) is 0 Å². The third-order valence-electron chi connectivity index (χ3n) is 6.29. The van der Waals surface area contributed by atoms with Crippen LogP contribution in [-0.2, 0) is 11.0 Å². The van der Waals surface area contributed by atoms with E-state index in [1.165, 1.54) is 48.8 Å². The second-order valence-electron chi connectivity index (χ2n) is 10.5. The molecule has 242 valence electrons. The second kappa shape index (κ2) is 14.1. The third kappa shape index (κ3) is 9.45. The first kappa shape index (κ1) is 34.7. The number of amides is 2. The van der Waals surface area contributed by atoms with Gasteiger partial charge in [0.2, 0.25) is 0 Å². The van der Waals surface area contributed by atoms with Crippen LogP contribution in [0.1, 0.15) is 51.3 Å². The molecule has 4 aromatic rings. The number of carbonyl (C=O) groups excluding carboxylic acids is 3. The molecule has 0 fully saturated rings. The number of benzene rings is 3. The van der Waals surface area contributed by atoms with E-state index in [9.17, 15) is 37.2 Å². The maximum Gasteiger partial charge on any atom is 0.416 e. The summed E-state index contributed by atoms with van der Waals surface area (Å²) in [5.74, 6) is 2.25. The third-order valence-corrected chi connectivity index (χ3v) is 6.83. The van der Waals surface area contributed by atoms with Crippen LogP contribution in [0.25, 0.3) is 0 Å². The molecule has 0 aliphatic rings. The maximum absolute atomic E-state index is 13.9. The minimum atomic E-state index is -4.89. The monoisotopic (exact) mass is 687 g/mol. The number of aromatic nitrogens is 1. The van der Waals surface area contributed by atoms with E-state index in [1.54, 1.807) is 19.9 Å². The Balaban J connectivity index is 1.42. The van der Waals surface area contributed by atoms with Crippen molar-refractivity contribution in [3.63, 3.8) is 0 Å². The highest BCUT2D eigenvalue weighted by Crippen LogP contribution is 2.32. The number of hydrogen-bond donors (Lipinski definition) is 2. The molecule has 0 saturated heterocycles. The standard InChI is InChI=1S/C33H23Cl2F4N3O5/c1-32(2,41-31(45)20-8-11-42(46)12-9-20)10-7-19-3-5-27(26(35)13-19)40-29(43)18-47-28-6-4-23(34)17-25(28)30(44)21-14-22(33(37,38)39)16-24(36)15-21/h3-6,8-9,11-17H,18H2,1-2H3,(H,40,43)(H,41,45). The molecule has 0 unspecified atom stereocenters. The number of carbonyl (C=O) groups is 3. The molecule has 2 amide bonds. The Kier molecular flexibility index (Phi) is 10.4. The molecule has 14 heteroatoms. The summed E-state index contributed by atoms with van der Waals surface area (Å²) in [6, 6.07) is 12.4. The summed E-state index contributed by atoms with van der Waals surface area (Å²) in [6.45, 7) is 2.73. The quantitative estimate of drug-likeness (QED) is 0.0714. The molecule has 1 heterocycles. The Morgan fingerprint density at radius 3 is 2.30 bits per heavy atom. The molecule has 0 bridgehead atoms. The van der Waals surface area contributed by atoms with E-state index in [0.717, 1.165) is 6.07 Å². The van der Waals surface area contributed by atoms with Gasteiger partial charge in [-0.3, -0.25) is 14.4 Å². The fraction of sp³-hybridized carbons (Fsp3) is 0.152. The largest absolute Gasteiger partial charge is 0.619 e. The van der Waals surface area contributed by atoms with Crippen molar-refractivity contribution in [2.45, 2.75) is 25.6 Å². The van der Waals surface area contributed by atoms with Crippen LogP contribution >= 0.6 is 23.2 Å². The van der Waals surface area contributed by atoms with Gasteiger partial charge in [-0.15, -0.1) is 0 Å². The number of ketones is 1. The molecular weight excluding hydrogens is 665 g/mol. The van der Waals surface area contributed by atoms with Gasteiger partial charge in [0, 0.05) is 28.3 Å². The van der Waals surface area contributed by atoms with E-state index >= 15 is 0 Å². The molecule has 0 radical (unpaired) electrons. The van der Waals surface area contributed by atoms with Crippen molar-refractivity contribution in [1.82, 2.24) is 5.32 Å². The van der Waals surface area contributed by atoms with E-state index in [4.69, 9.17) is 27.9 Å². The fourth-order valence-electron chi connectivity index (χ4n) is 4.05. The molecule has 2 N–H and O–H groups in total. The van der Waals surface area contributed by atoms with E-state index in [-0.39, 0.29) is 38.7 Å². The minimum Gasteiger partial charge on any atom is -0.619 e. The van der Waals surface area contributed by atoms with Crippen LogP contribution in [0.4, 0.5) is 23.2 Å². The molecule has 4 rings (SSSR count). The van der Waals surface area contributed by atoms with Crippen molar-refractivity contribution < 1.29 is 41.4 Å². The highest BCUT2D eigenvalue weighted by atomic mass is 35.5. The first-order valence-corrected chi connectivity index (χ1v) is 14.2. The lowest BCUT2D eigenvalue weighted by atomic mass is 10.00. The molecule has 8 nitrogen and oxygen atoms in total. The van der Waals surface area contributed by atoms with Crippen molar-refractivity contribution in [2.24, 2.45) is 0 Å². The van der Waals surface area contributed by atoms with E-state index in [0.29, 0.717) is 22.4 Å². The van der Waals surface area contributed by atoms with Crippen molar-refractivity contribution in [3.05, 3.63) is 128 Å². The number of nitrogens with zero attached hydrogens (tertiary/aromatic N) is 1. The van der Waals surface area contributed by atoms with E-state index in [1.807, 2.05) is 0 Å². The predicted molar refractivity (Wildman–Crippen MR) is 166 cm³/mol. The van der Waals surface area contributed by atoms with Gasteiger partial charge in [-0.2, -0.15) is 17.9 Å². The van der Waals surface area contributed by atoms with Gasteiger partial charge in [0.1, 0.15) is 11.6 Å². The molecule has 0 saturated carbocycles. The zero-order valence-electron chi connectivity index (χ0n) is 24.5. The Morgan fingerprint density at radius 2 is 1.64 bits per heavy atom. The SMILES string of the molecule is CC(C)(C#Cc1ccc(NC(=O)COc2ccc(Cl)cc2C(=O)c2cc(F)cc(C(F)(F)F)c2)c(Cl)c1)NC(=O)c1cc[n+]([O-])cc1. The number of ether oxygens (including phenoxy) is 1. The molecular formula is C33H23Cl2F4N3O5. The average molecular weight is 688 g/mol. The van der Waals surface area contributed by atoms with Gasteiger partial charge in [0.25, 0.3) is 11.8 Å². The van der Waals surface area contributed by atoms with Gasteiger partial charge in [0.05, 0.1) is 32.9 Å². The number of anilines is 1. The lowest BCUT2D eigenvalue weighted by Gasteiger charge is -2.19. The number of rotatable bonds is 8. The van der Waals surface area contributed by atoms with Crippen LogP contribution in [-0.4, -0.2) is 29.7 Å². The van der Waals surface area contributed by atoms with Crippen LogP contribution in [0.5, 0.6) is 5.75 Å². The lowest BCUT2D eigenvalue weighted by molar-refractivity contribution is -0.605. The zero-order valence-corrected chi connectivity index (χ0v) is 26.0. The smallest absolute Gasteiger partial charge is 0.416 e. The molecule has 3 aromatic carbocycles. The van der Waals surface area contributed by atoms with Gasteiger partial charge in [-0.25, -0.2) is 4.39 Å². The number of halogens is 6. The fourth-order valence-corrected chi connectivity index (χ4v) is 4.45. The molecule has 1 aromatic heterocycles. The van der Waals surface area contributed by atoms with Gasteiger partial charge in [-0.05, 0) is 68.4 Å². The molecule has 0 spiro atoms. The Morgan fingerprint density at radius 1 is 0.936 bits per heavy atom. The van der Waals surface area contributed by atoms with Gasteiger partial charge in [-0.1, -0.05) is 35.0 Å². The van der Waals surface area contributed by atoms with Crippen LogP contribution in [0.15, 0.2) is 79.1 Å². The first-order chi connectivity index (χ1) is 22.0.